The maximum Gasteiger partial charge on any atom is 0.363 e. The van der Waals surface area contributed by atoms with Crippen molar-refractivity contribution >= 4 is 11.5 Å². The Labute approximate surface area is 130 Å². The summed E-state index contributed by atoms with van der Waals surface area (Å²) < 4.78 is 5.02. The topological polar surface area (TPSA) is 103 Å². The number of nitrogens with zero attached hydrogens (tertiary/aromatic N) is 2. The van der Waals surface area contributed by atoms with Gasteiger partial charge in [0.25, 0.3) is 0 Å². The van der Waals surface area contributed by atoms with Crippen molar-refractivity contribution in [2.24, 2.45) is 5.41 Å². The Morgan fingerprint density at radius 2 is 1.82 bits per heavy atom. The van der Waals surface area contributed by atoms with E-state index in [1.807, 2.05) is 0 Å². The van der Waals surface area contributed by atoms with Crippen molar-refractivity contribution in [3.63, 3.8) is 0 Å². The van der Waals surface area contributed by atoms with Gasteiger partial charge in [0.1, 0.15) is 5.75 Å². The first-order valence-electron chi connectivity index (χ1n) is 6.96. The Kier molecular flexibility index (Phi) is 6.00. The number of hydrogen-bond acceptors (Lipinski definition) is 4. The van der Waals surface area contributed by atoms with Gasteiger partial charge in [-0.05, 0) is 23.1 Å². The summed E-state index contributed by atoms with van der Waals surface area (Å²) in [7, 11) is 1.53. The van der Waals surface area contributed by atoms with Crippen molar-refractivity contribution in [1.82, 2.24) is 0 Å². The van der Waals surface area contributed by atoms with E-state index in [0.29, 0.717) is 11.3 Å². The molecule has 6 heteroatoms. The summed E-state index contributed by atoms with van der Waals surface area (Å²) in [6.45, 7) is 5.15. The van der Waals surface area contributed by atoms with Crippen molar-refractivity contribution in [3.05, 3.63) is 35.4 Å². The van der Waals surface area contributed by atoms with Crippen LogP contribution >= 0.6 is 0 Å². The molecule has 0 saturated carbocycles. The fourth-order valence-electron chi connectivity index (χ4n) is 1.90. The molecule has 1 aromatic rings. The first-order chi connectivity index (χ1) is 10.2. The highest BCUT2D eigenvalue weighted by atomic mass is 16.5. The average molecular weight is 306 g/mol. The zero-order valence-electron chi connectivity index (χ0n) is 13.3. The van der Waals surface area contributed by atoms with Gasteiger partial charge in [-0.3, -0.25) is 4.79 Å². The minimum Gasteiger partial charge on any atom is -0.497 e. The molecule has 22 heavy (non-hydrogen) atoms. The van der Waals surface area contributed by atoms with E-state index in [9.17, 15) is 15.0 Å². The van der Waals surface area contributed by atoms with E-state index in [1.54, 1.807) is 45.0 Å². The summed E-state index contributed by atoms with van der Waals surface area (Å²) in [5.74, 6) is 0.0382. The Balaban J connectivity index is 2.83. The minimum atomic E-state index is -1.21. The molecule has 0 aliphatic rings. The van der Waals surface area contributed by atoms with Crippen LogP contribution in [0.25, 0.3) is 5.53 Å². The molecule has 0 aliphatic heterocycles. The lowest BCUT2D eigenvalue weighted by molar-refractivity contribution is -0.121. The monoisotopic (exact) mass is 306 g/mol. The Morgan fingerprint density at radius 3 is 2.23 bits per heavy atom. The quantitative estimate of drug-likeness (QED) is 0.475. The Hall–Kier alpha value is -2.01. The minimum absolute atomic E-state index is 0.279. The van der Waals surface area contributed by atoms with Crippen LogP contribution in [0, 0.1) is 5.41 Å². The lowest BCUT2D eigenvalue weighted by Gasteiger charge is -2.21. The van der Waals surface area contributed by atoms with E-state index in [-0.39, 0.29) is 12.1 Å². The second kappa shape index (κ2) is 7.31. The highest BCUT2D eigenvalue weighted by Crippen LogP contribution is 2.23. The third kappa shape index (κ3) is 4.49. The molecular formula is C16H22N2O4. The number of hydrogen-bond donors (Lipinski definition) is 2. The normalized spacial score (nSPS) is 13.9. The number of aliphatic hydroxyl groups excluding tert-OH is 2. The van der Waals surface area contributed by atoms with Crippen molar-refractivity contribution in [3.8, 4) is 5.75 Å². The van der Waals surface area contributed by atoms with Gasteiger partial charge in [0.05, 0.1) is 13.2 Å². The van der Waals surface area contributed by atoms with Gasteiger partial charge in [0, 0.05) is 6.42 Å². The molecule has 0 fully saturated rings. The number of benzene rings is 1. The predicted molar refractivity (Wildman–Crippen MR) is 81.7 cm³/mol. The number of ether oxygens (including phenoxy) is 1. The third-order valence-electron chi connectivity index (χ3n) is 3.35. The summed E-state index contributed by atoms with van der Waals surface area (Å²) in [6.07, 6.45) is -2.55. The van der Waals surface area contributed by atoms with E-state index in [1.165, 1.54) is 7.11 Å². The summed E-state index contributed by atoms with van der Waals surface area (Å²) >= 11 is 0. The predicted octanol–water partition coefficient (Wildman–Crippen LogP) is 1.77. The van der Waals surface area contributed by atoms with E-state index in [0.717, 1.165) is 0 Å². The highest BCUT2D eigenvalue weighted by Gasteiger charge is 2.38. The second-order valence-electron chi connectivity index (χ2n) is 6.17. The molecular weight excluding hydrogens is 284 g/mol. The number of ketones is 1. The standard InChI is InChI=1S/C16H22N2O4/c1-16(2,3)15(21)14(18-17)13(20)9-12(19)10-5-7-11(22-4)8-6-10/h5-8,12,15,19,21H,9H2,1-4H3. The van der Waals surface area contributed by atoms with Crippen LogP contribution in [0.1, 0.15) is 38.9 Å². The molecule has 0 bridgehead atoms. The van der Waals surface area contributed by atoms with E-state index < -0.39 is 23.4 Å². The van der Waals surface area contributed by atoms with Crippen LogP contribution in [-0.2, 0) is 4.79 Å². The number of carbonyl (C=O) groups is 1. The number of methoxy groups -OCH3 is 1. The summed E-state index contributed by atoms with van der Waals surface area (Å²) in [6, 6.07) is 6.64. The molecule has 0 saturated heterocycles. The fourth-order valence-corrected chi connectivity index (χ4v) is 1.90. The van der Waals surface area contributed by atoms with Crippen LogP contribution in [0.15, 0.2) is 24.3 Å². The van der Waals surface area contributed by atoms with Crippen LogP contribution in [0.3, 0.4) is 0 Å². The smallest absolute Gasteiger partial charge is 0.363 e. The fraction of sp³-hybridized carbons (Fsp3) is 0.500. The maximum absolute atomic E-state index is 12.1. The van der Waals surface area contributed by atoms with Gasteiger partial charge in [-0.25, -0.2) is 0 Å². The first kappa shape index (κ1) is 18.0. The third-order valence-corrected chi connectivity index (χ3v) is 3.35. The van der Waals surface area contributed by atoms with Gasteiger partial charge in [-0.15, -0.1) is 0 Å². The molecule has 0 aliphatic carbocycles. The Bertz CT molecular complexity index is 569. The first-order valence-corrected chi connectivity index (χ1v) is 6.96. The van der Waals surface area contributed by atoms with Crippen LogP contribution in [-0.4, -0.2) is 39.7 Å². The van der Waals surface area contributed by atoms with Gasteiger partial charge in [0.15, 0.2) is 6.10 Å². The van der Waals surface area contributed by atoms with Gasteiger partial charge in [-0.1, -0.05) is 32.9 Å². The molecule has 2 atom stereocenters. The molecule has 0 heterocycles. The van der Waals surface area contributed by atoms with Crippen molar-refractivity contribution < 1.29 is 24.5 Å². The van der Waals surface area contributed by atoms with Crippen LogP contribution in [0.2, 0.25) is 0 Å². The molecule has 1 aromatic carbocycles. The van der Waals surface area contributed by atoms with Crippen LogP contribution in [0.5, 0.6) is 5.75 Å². The maximum atomic E-state index is 12.1. The lowest BCUT2D eigenvalue weighted by atomic mass is 9.84. The average Bonchev–Trinajstić information content (AvgIpc) is 2.47. The number of carbonyl (C=O) groups excluding carboxylic acids is 1. The molecule has 1 rings (SSSR count). The van der Waals surface area contributed by atoms with Gasteiger partial charge in [0.2, 0.25) is 5.78 Å². The van der Waals surface area contributed by atoms with Crippen molar-refractivity contribution in [1.29, 1.82) is 0 Å². The number of rotatable bonds is 6. The Morgan fingerprint density at radius 1 is 1.27 bits per heavy atom. The largest absolute Gasteiger partial charge is 0.497 e. The van der Waals surface area contributed by atoms with Gasteiger partial charge < -0.3 is 20.5 Å². The molecule has 0 radical (unpaired) electrons. The van der Waals surface area contributed by atoms with E-state index >= 15 is 0 Å². The molecule has 6 nitrogen and oxygen atoms in total. The molecule has 0 aromatic heterocycles. The van der Waals surface area contributed by atoms with Crippen molar-refractivity contribution in [2.75, 3.05) is 7.11 Å². The molecule has 0 amide bonds. The SMILES string of the molecule is COc1ccc(C(O)CC(=O)C(=[N+]=[N-])C(O)C(C)(C)C)cc1. The highest BCUT2D eigenvalue weighted by molar-refractivity contribution is 6.39. The summed E-state index contributed by atoms with van der Waals surface area (Å²) in [4.78, 5) is 15.0. The van der Waals surface area contributed by atoms with Gasteiger partial charge >= 0.3 is 5.71 Å². The molecule has 2 unspecified atom stereocenters. The van der Waals surface area contributed by atoms with Crippen molar-refractivity contribution in [2.45, 2.75) is 39.4 Å². The van der Waals surface area contributed by atoms with Gasteiger partial charge in [-0.2, -0.15) is 4.79 Å². The molecule has 2 N–H and O–H groups in total. The number of aliphatic hydroxyl groups is 2. The molecule has 120 valence electrons. The zero-order chi connectivity index (χ0) is 16.9. The molecule has 0 spiro atoms. The van der Waals surface area contributed by atoms with Crippen LogP contribution < -0.4 is 4.74 Å². The summed E-state index contributed by atoms with van der Waals surface area (Å²) in [5.41, 5.74) is 8.53. The van der Waals surface area contributed by atoms with E-state index in [4.69, 9.17) is 10.3 Å². The second-order valence-corrected chi connectivity index (χ2v) is 6.17. The summed E-state index contributed by atoms with van der Waals surface area (Å²) in [5, 5.41) is 20.2. The lowest BCUT2D eigenvalue weighted by Crippen LogP contribution is -2.40. The zero-order valence-corrected chi connectivity index (χ0v) is 13.3. The van der Waals surface area contributed by atoms with Crippen LogP contribution in [0.4, 0.5) is 0 Å². The number of Topliss-reactive ketones (excluding diaryl/α,β-unsaturated/α-hetero) is 1. The van der Waals surface area contributed by atoms with E-state index in [2.05, 4.69) is 4.79 Å².